The predicted octanol–water partition coefficient (Wildman–Crippen LogP) is 9.01. The summed E-state index contributed by atoms with van der Waals surface area (Å²) < 4.78 is 50.0. The van der Waals surface area contributed by atoms with E-state index in [1.165, 1.54) is 52.8 Å². The van der Waals surface area contributed by atoms with E-state index in [-0.39, 0.29) is 16.1 Å². The van der Waals surface area contributed by atoms with Gasteiger partial charge in [0.15, 0.2) is 0 Å². The van der Waals surface area contributed by atoms with E-state index in [2.05, 4.69) is 6.07 Å². The van der Waals surface area contributed by atoms with Gasteiger partial charge in [-0.2, -0.15) is 5.26 Å². The van der Waals surface area contributed by atoms with Gasteiger partial charge in [0.05, 0.1) is 28.8 Å². The van der Waals surface area contributed by atoms with Gasteiger partial charge in [-0.1, -0.05) is 47.5 Å². The zero-order valence-corrected chi connectivity index (χ0v) is 26.6. The summed E-state index contributed by atoms with van der Waals surface area (Å²) in [5, 5.41) is 12.4. The molecule has 10 heteroatoms. The van der Waals surface area contributed by atoms with Gasteiger partial charge in [0.25, 0.3) is 10.0 Å². The number of aromatic nitrogens is 1. The normalized spacial score (nSPS) is 11.5. The molecule has 0 saturated carbocycles. The second kappa shape index (κ2) is 11.6. The summed E-state index contributed by atoms with van der Waals surface area (Å²) in [6.07, 6.45) is 0. The van der Waals surface area contributed by atoms with Gasteiger partial charge in [0.1, 0.15) is 16.8 Å². The largest absolute Gasteiger partial charge is 0.465 e. The van der Waals surface area contributed by atoms with Gasteiger partial charge in [-0.3, -0.25) is 0 Å². The number of nitriles is 1. The second-order valence-electron chi connectivity index (χ2n) is 10.5. The van der Waals surface area contributed by atoms with E-state index in [1.54, 1.807) is 60.8 Å². The van der Waals surface area contributed by atoms with Crippen LogP contribution in [-0.4, -0.2) is 25.5 Å². The molecule has 0 fully saturated rings. The first-order valence-electron chi connectivity index (χ1n) is 13.7. The molecule has 0 radical (unpaired) electrons. The lowest BCUT2D eigenvalue weighted by molar-refractivity contribution is 0.0600. The van der Waals surface area contributed by atoms with Crippen molar-refractivity contribution < 1.29 is 22.3 Å². The van der Waals surface area contributed by atoms with Crippen LogP contribution in [0.1, 0.15) is 26.4 Å². The molecule has 0 bridgehead atoms. The molecule has 4 aromatic carbocycles. The van der Waals surface area contributed by atoms with E-state index >= 15 is 0 Å². The zero-order chi connectivity index (χ0) is 32.0. The van der Waals surface area contributed by atoms with Crippen molar-refractivity contribution >= 4 is 49.8 Å². The lowest BCUT2D eigenvalue weighted by atomic mass is 9.95. The molecule has 0 atom stereocenters. The Labute approximate surface area is 268 Å². The highest BCUT2D eigenvalue weighted by atomic mass is 35.5. The van der Waals surface area contributed by atoms with Crippen LogP contribution < -0.4 is 0 Å². The van der Waals surface area contributed by atoms with Gasteiger partial charge in [-0.05, 0) is 85.0 Å². The minimum absolute atomic E-state index is 0.0566. The Bertz CT molecular complexity index is 2300. The second-order valence-corrected chi connectivity index (χ2v) is 13.6. The predicted molar refractivity (Wildman–Crippen MR) is 176 cm³/mol. The van der Waals surface area contributed by atoms with Crippen LogP contribution in [0.25, 0.3) is 44.4 Å². The molecule has 45 heavy (non-hydrogen) atoms. The van der Waals surface area contributed by atoms with E-state index < -0.39 is 21.8 Å². The van der Waals surface area contributed by atoms with Gasteiger partial charge >= 0.3 is 5.97 Å². The number of ether oxygens (including phenoxy) is 1. The molecule has 0 N–H and O–H groups in total. The molecular weight excluding hydrogens is 631 g/mol. The number of aryl methyl sites for hydroxylation is 2. The first-order chi connectivity index (χ1) is 21.5. The first-order valence-corrected chi connectivity index (χ1v) is 16.4. The monoisotopic (exact) mass is 654 g/mol. The van der Waals surface area contributed by atoms with E-state index in [4.69, 9.17) is 16.3 Å². The number of hydrogen-bond donors (Lipinski definition) is 0. The fourth-order valence-corrected chi connectivity index (χ4v) is 8.00. The van der Waals surface area contributed by atoms with Gasteiger partial charge < -0.3 is 4.74 Å². The highest BCUT2D eigenvalue weighted by Crippen LogP contribution is 2.46. The standard InChI is InChI=1S/C35H24ClFN2O4S2/c1-20-7-10-25(11-8-20)45(41,42)39-31-12-9-24(37)17-29(31)33(26-13-14-44-32(26)19-38)34(39)23-6-4-5-22(16-23)28-15-21(2)27(18-30(28)36)35(40)43-3/h4-18H,1-3H3. The third kappa shape index (κ3) is 5.21. The van der Waals surface area contributed by atoms with Crippen LogP contribution in [0.5, 0.6) is 0 Å². The molecular formula is C35H24ClFN2O4S2. The van der Waals surface area contributed by atoms with Crippen LogP contribution in [0.4, 0.5) is 4.39 Å². The SMILES string of the molecule is COC(=O)c1cc(Cl)c(-c2cccc(-c3c(-c4ccsc4C#N)c4cc(F)ccc4n3S(=O)(=O)c3ccc(C)cc3)c2)cc1C. The summed E-state index contributed by atoms with van der Waals surface area (Å²) in [5.41, 5.74) is 5.09. The van der Waals surface area contributed by atoms with Crippen molar-refractivity contribution in [2.45, 2.75) is 18.7 Å². The van der Waals surface area contributed by atoms with Crippen molar-refractivity contribution in [1.82, 2.24) is 3.97 Å². The number of hydrogen-bond acceptors (Lipinski definition) is 6. The summed E-state index contributed by atoms with van der Waals surface area (Å²) in [6, 6.07) is 24.9. The Kier molecular flexibility index (Phi) is 7.83. The molecule has 0 amide bonds. The van der Waals surface area contributed by atoms with Crippen LogP contribution in [-0.2, 0) is 14.8 Å². The van der Waals surface area contributed by atoms with E-state index in [0.717, 1.165) is 5.56 Å². The zero-order valence-electron chi connectivity index (χ0n) is 24.3. The molecule has 0 spiro atoms. The number of carbonyl (C=O) groups excluding carboxylic acids is 1. The van der Waals surface area contributed by atoms with Crippen molar-refractivity contribution in [3.8, 4) is 39.6 Å². The van der Waals surface area contributed by atoms with Gasteiger partial charge in [-0.15, -0.1) is 11.3 Å². The Morgan fingerprint density at radius 3 is 2.40 bits per heavy atom. The quantitative estimate of drug-likeness (QED) is 0.167. The number of benzene rings is 4. The third-order valence-corrected chi connectivity index (χ3v) is 10.5. The van der Waals surface area contributed by atoms with Crippen LogP contribution >= 0.6 is 22.9 Å². The minimum atomic E-state index is -4.24. The summed E-state index contributed by atoms with van der Waals surface area (Å²) in [6.45, 7) is 3.64. The number of fused-ring (bicyclic) bond motifs is 1. The Morgan fingerprint density at radius 2 is 1.69 bits per heavy atom. The summed E-state index contributed by atoms with van der Waals surface area (Å²) in [5.74, 6) is -1.06. The molecule has 0 aliphatic rings. The van der Waals surface area contributed by atoms with Gasteiger partial charge in [0, 0.05) is 32.7 Å². The maximum absolute atomic E-state index is 14.9. The minimum Gasteiger partial charge on any atom is -0.465 e. The molecule has 224 valence electrons. The van der Waals surface area contributed by atoms with Crippen molar-refractivity contribution in [2.24, 2.45) is 0 Å². The molecule has 6 aromatic rings. The molecule has 0 aliphatic carbocycles. The Hall–Kier alpha value is -4.75. The maximum atomic E-state index is 14.9. The number of halogens is 2. The van der Waals surface area contributed by atoms with Gasteiger partial charge in [0.2, 0.25) is 0 Å². The molecule has 0 unspecified atom stereocenters. The smallest absolute Gasteiger partial charge is 0.338 e. The third-order valence-electron chi connectivity index (χ3n) is 7.65. The highest BCUT2D eigenvalue weighted by molar-refractivity contribution is 7.90. The van der Waals surface area contributed by atoms with Crippen molar-refractivity contribution in [2.75, 3.05) is 7.11 Å². The molecule has 2 heterocycles. The Morgan fingerprint density at radius 1 is 0.956 bits per heavy atom. The number of thiophene rings is 1. The Balaban J connectivity index is 1.71. The lowest BCUT2D eigenvalue weighted by Crippen LogP contribution is -2.14. The number of rotatable bonds is 6. The van der Waals surface area contributed by atoms with E-state index in [1.807, 2.05) is 13.0 Å². The highest BCUT2D eigenvalue weighted by Gasteiger charge is 2.30. The fourth-order valence-electron chi connectivity index (χ4n) is 5.49. The lowest BCUT2D eigenvalue weighted by Gasteiger charge is -2.16. The molecule has 0 aliphatic heterocycles. The number of esters is 1. The van der Waals surface area contributed by atoms with Crippen LogP contribution in [0.2, 0.25) is 5.02 Å². The van der Waals surface area contributed by atoms with Crippen LogP contribution in [0.3, 0.4) is 0 Å². The fraction of sp³-hybridized carbons (Fsp3) is 0.0857. The average Bonchev–Trinajstić information content (AvgIpc) is 3.64. The van der Waals surface area contributed by atoms with Crippen molar-refractivity contribution in [3.05, 3.63) is 123 Å². The molecule has 6 rings (SSSR count). The average molecular weight is 655 g/mol. The van der Waals surface area contributed by atoms with E-state index in [0.29, 0.717) is 54.2 Å². The van der Waals surface area contributed by atoms with Crippen molar-refractivity contribution in [1.29, 1.82) is 5.26 Å². The molecule has 6 nitrogen and oxygen atoms in total. The maximum Gasteiger partial charge on any atom is 0.338 e. The molecule has 0 saturated heterocycles. The summed E-state index contributed by atoms with van der Waals surface area (Å²) in [7, 11) is -2.94. The van der Waals surface area contributed by atoms with Crippen molar-refractivity contribution in [3.63, 3.8) is 0 Å². The number of nitrogens with zero attached hydrogens (tertiary/aromatic N) is 2. The summed E-state index contributed by atoms with van der Waals surface area (Å²) >= 11 is 7.90. The number of carbonyl (C=O) groups is 1. The van der Waals surface area contributed by atoms with Crippen LogP contribution in [0, 0.1) is 31.0 Å². The summed E-state index contributed by atoms with van der Waals surface area (Å²) in [4.78, 5) is 12.7. The van der Waals surface area contributed by atoms with Gasteiger partial charge in [-0.25, -0.2) is 21.6 Å². The topological polar surface area (TPSA) is 89.2 Å². The van der Waals surface area contributed by atoms with Crippen LogP contribution in [0.15, 0.2) is 95.2 Å². The first kappa shape index (κ1) is 30.3. The molecule has 2 aromatic heterocycles. The van der Waals surface area contributed by atoms with E-state index in [9.17, 15) is 22.9 Å². The number of methoxy groups -OCH3 is 1.